The van der Waals surface area contributed by atoms with E-state index in [9.17, 15) is 9.59 Å². The first-order valence-electron chi connectivity index (χ1n) is 5.49. The summed E-state index contributed by atoms with van der Waals surface area (Å²) >= 11 is 1.62. The Morgan fingerprint density at radius 3 is 2.88 bits per heavy atom. The number of hydrogen-bond donors (Lipinski definition) is 2. The summed E-state index contributed by atoms with van der Waals surface area (Å²) in [6.45, 7) is 0. The fourth-order valence-electron chi connectivity index (χ4n) is 1.57. The minimum atomic E-state index is -0.435. The van der Waals surface area contributed by atoms with Gasteiger partial charge in [0.1, 0.15) is 6.04 Å². The molecule has 0 aliphatic carbocycles. The predicted octanol–water partition coefficient (Wildman–Crippen LogP) is 1.25. The molecule has 0 saturated carbocycles. The number of para-hydroxylation sites is 1. The van der Waals surface area contributed by atoms with E-state index < -0.39 is 6.04 Å². The molecule has 1 fully saturated rings. The molecule has 1 aromatic rings. The van der Waals surface area contributed by atoms with Crippen molar-refractivity contribution >= 4 is 29.3 Å². The van der Waals surface area contributed by atoms with E-state index in [4.69, 9.17) is 0 Å². The van der Waals surface area contributed by atoms with Gasteiger partial charge in [0, 0.05) is 23.6 Å². The van der Waals surface area contributed by atoms with Gasteiger partial charge in [0.2, 0.25) is 11.8 Å². The van der Waals surface area contributed by atoms with Crippen molar-refractivity contribution in [2.45, 2.75) is 12.5 Å². The Labute approximate surface area is 104 Å². The van der Waals surface area contributed by atoms with Crippen LogP contribution in [0.1, 0.15) is 6.42 Å². The van der Waals surface area contributed by atoms with Crippen LogP contribution in [0.3, 0.4) is 0 Å². The van der Waals surface area contributed by atoms with Crippen molar-refractivity contribution in [3.63, 3.8) is 0 Å². The van der Waals surface area contributed by atoms with E-state index in [1.165, 1.54) is 0 Å². The van der Waals surface area contributed by atoms with Crippen molar-refractivity contribution in [1.29, 1.82) is 0 Å². The van der Waals surface area contributed by atoms with E-state index in [-0.39, 0.29) is 11.8 Å². The third-order valence-electron chi connectivity index (χ3n) is 2.45. The van der Waals surface area contributed by atoms with Gasteiger partial charge in [-0.1, -0.05) is 18.2 Å². The number of hydrogen-bond acceptors (Lipinski definition) is 3. The summed E-state index contributed by atoms with van der Waals surface area (Å²) in [7, 11) is 0. The van der Waals surface area contributed by atoms with Crippen molar-refractivity contribution in [2.24, 2.45) is 0 Å². The van der Waals surface area contributed by atoms with E-state index in [2.05, 4.69) is 10.6 Å². The third kappa shape index (κ3) is 3.49. The average molecular weight is 250 g/mol. The lowest BCUT2D eigenvalue weighted by atomic mass is 10.2. The highest BCUT2D eigenvalue weighted by atomic mass is 32.2. The summed E-state index contributed by atoms with van der Waals surface area (Å²) in [5, 5.41) is 5.52. The van der Waals surface area contributed by atoms with Crippen molar-refractivity contribution < 1.29 is 9.59 Å². The van der Waals surface area contributed by atoms with Gasteiger partial charge in [-0.25, -0.2) is 0 Å². The standard InChI is InChI=1S/C12H14N2O2S/c15-11-6-7-17-8-10(14-11)12(16)13-9-4-2-1-3-5-9/h1-5,10H,6-8H2,(H,13,16)(H,14,15)/t10-/m0/s1. The van der Waals surface area contributed by atoms with Crippen LogP contribution >= 0.6 is 11.8 Å². The van der Waals surface area contributed by atoms with Gasteiger partial charge in [0.15, 0.2) is 0 Å². The number of carbonyl (C=O) groups excluding carboxylic acids is 2. The van der Waals surface area contributed by atoms with E-state index in [0.29, 0.717) is 12.2 Å². The summed E-state index contributed by atoms with van der Waals surface area (Å²) in [5.74, 6) is 1.20. The molecule has 1 saturated heterocycles. The van der Waals surface area contributed by atoms with Crippen LogP contribution in [0, 0.1) is 0 Å². The SMILES string of the molecule is O=C1CCSC[C@@H](C(=O)Nc2ccccc2)N1. The Bertz CT molecular complexity index is 408. The van der Waals surface area contributed by atoms with Crippen molar-refractivity contribution in [3.8, 4) is 0 Å². The van der Waals surface area contributed by atoms with E-state index in [1.807, 2.05) is 30.3 Å². The van der Waals surface area contributed by atoms with Gasteiger partial charge < -0.3 is 10.6 Å². The Morgan fingerprint density at radius 1 is 1.35 bits per heavy atom. The molecule has 0 bridgehead atoms. The number of benzene rings is 1. The van der Waals surface area contributed by atoms with Crippen LogP contribution in [0.15, 0.2) is 30.3 Å². The highest BCUT2D eigenvalue weighted by molar-refractivity contribution is 7.99. The van der Waals surface area contributed by atoms with E-state index in [0.717, 1.165) is 11.4 Å². The molecule has 0 unspecified atom stereocenters. The monoisotopic (exact) mass is 250 g/mol. The molecule has 4 nitrogen and oxygen atoms in total. The highest BCUT2D eigenvalue weighted by Crippen LogP contribution is 2.12. The van der Waals surface area contributed by atoms with E-state index >= 15 is 0 Å². The van der Waals surface area contributed by atoms with Gasteiger partial charge in [-0.05, 0) is 12.1 Å². The average Bonchev–Trinajstić information content (AvgIpc) is 2.55. The van der Waals surface area contributed by atoms with Crippen molar-refractivity contribution in [2.75, 3.05) is 16.8 Å². The predicted molar refractivity (Wildman–Crippen MR) is 68.9 cm³/mol. The lowest BCUT2D eigenvalue weighted by Gasteiger charge is -2.15. The molecule has 1 heterocycles. The minimum Gasteiger partial charge on any atom is -0.343 e. The highest BCUT2D eigenvalue weighted by Gasteiger charge is 2.23. The molecular weight excluding hydrogens is 236 g/mol. The molecule has 0 spiro atoms. The summed E-state index contributed by atoms with van der Waals surface area (Å²) in [6, 6.07) is 8.81. The van der Waals surface area contributed by atoms with Crippen molar-refractivity contribution in [1.82, 2.24) is 5.32 Å². The summed E-state index contributed by atoms with van der Waals surface area (Å²) in [5.41, 5.74) is 0.751. The van der Waals surface area contributed by atoms with Gasteiger partial charge in [0.25, 0.3) is 0 Å². The van der Waals surface area contributed by atoms with Crippen LogP contribution < -0.4 is 10.6 Å². The molecule has 1 aliphatic rings. The largest absolute Gasteiger partial charge is 0.343 e. The molecule has 0 aromatic heterocycles. The fraction of sp³-hybridized carbons (Fsp3) is 0.333. The molecule has 5 heteroatoms. The van der Waals surface area contributed by atoms with Crippen LogP contribution in [0.2, 0.25) is 0 Å². The van der Waals surface area contributed by atoms with Gasteiger partial charge in [0.05, 0.1) is 0 Å². The van der Waals surface area contributed by atoms with Crippen LogP contribution in [0.25, 0.3) is 0 Å². The first-order chi connectivity index (χ1) is 8.25. The van der Waals surface area contributed by atoms with Gasteiger partial charge in [-0.15, -0.1) is 0 Å². The number of thioether (sulfide) groups is 1. The molecule has 1 atom stereocenters. The van der Waals surface area contributed by atoms with Gasteiger partial charge in [-0.3, -0.25) is 9.59 Å². The number of anilines is 1. The Balaban J connectivity index is 1.97. The lowest BCUT2D eigenvalue weighted by Crippen LogP contribution is -2.44. The molecule has 90 valence electrons. The molecule has 2 N–H and O–H groups in total. The molecule has 0 radical (unpaired) electrons. The molecule has 1 aromatic carbocycles. The minimum absolute atomic E-state index is 0.0526. The zero-order valence-electron chi connectivity index (χ0n) is 9.31. The maximum Gasteiger partial charge on any atom is 0.247 e. The summed E-state index contributed by atoms with van der Waals surface area (Å²) in [6.07, 6.45) is 0.486. The van der Waals surface area contributed by atoms with Crippen LogP contribution in [0.4, 0.5) is 5.69 Å². The van der Waals surface area contributed by atoms with Crippen molar-refractivity contribution in [3.05, 3.63) is 30.3 Å². The van der Waals surface area contributed by atoms with Crippen LogP contribution in [-0.2, 0) is 9.59 Å². The molecule has 2 amide bonds. The molecule has 17 heavy (non-hydrogen) atoms. The zero-order valence-corrected chi connectivity index (χ0v) is 10.1. The first kappa shape index (κ1) is 12.0. The Hall–Kier alpha value is -1.49. The third-order valence-corrected chi connectivity index (χ3v) is 3.51. The first-order valence-corrected chi connectivity index (χ1v) is 6.64. The van der Waals surface area contributed by atoms with Gasteiger partial charge >= 0.3 is 0 Å². The van der Waals surface area contributed by atoms with Gasteiger partial charge in [-0.2, -0.15) is 11.8 Å². The molecule has 1 aliphatic heterocycles. The number of amides is 2. The molecular formula is C12H14N2O2S. The quantitative estimate of drug-likeness (QED) is 0.830. The normalized spacial score (nSPS) is 20.2. The maximum absolute atomic E-state index is 11.9. The van der Waals surface area contributed by atoms with Crippen LogP contribution in [-0.4, -0.2) is 29.4 Å². The molecule has 2 rings (SSSR count). The second-order valence-electron chi connectivity index (χ2n) is 3.80. The Kier molecular flexibility index (Phi) is 4.03. The summed E-state index contributed by atoms with van der Waals surface area (Å²) < 4.78 is 0. The Morgan fingerprint density at radius 2 is 2.12 bits per heavy atom. The lowest BCUT2D eigenvalue weighted by molar-refractivity contribution is -0.125. The number of carbonyl (C=O) groups is 2. The van der Waals surface area contributed by atoms with Crippen LogP contribution in [0.5, 0.6) is 0 Å². The second-order valence-corrected chi connectivity index (χ2v) is 4.95. The summed E-state index contributed by atoms with van der Waals surface area (Å²) in [4.78, 5) is 23.3. The number of nitrogens with one attached hydrogen (secondary N) is 2. The topological polar surface area (TPSA) is 58.2 Å². The zero-order chi connectivity index (χ0) is 12.1. The maximum atomic E-state index is 11.9. The smallest absolute Gasteiger partial charge is 0.247 e. The number of rotatable bonds is 2. The van der Waals surface area contributed by atoms with E-state index in [1.54, 1.807) is 11.8 Å². The fourth-order valence-corrected chi connectivity index (χ4v) is 2.53. The second kappa shape index (κ2) is 5.72.